The van der Waals surface area contributed by atoms with Gasteiger partial charge in [-0.05, 0) is 24.3 Å². The highest BCUT2D eigenvalue weighted by molar-refractivity contribution is 9.09. The zero-order chi connectivity index (χ0) is 13.0. The van der Waals surface area contributed by atoms with E-state index in [1.54, 1.807) is 24.8 Å². The van der Waals surface area contributed by atoms with Gasteiger partial charge in [-0.25, -0.2) is 4.68 Å². The molecule has 1 heterocycles. The van der Waals surface area contributed by atoms with Crippen LogP contribution in [0.15, 0.2) is 36.9 Å². The van der Waals surface area contributed by atoms with Crippen LogP contribution in [0.4, 0.5) is 5.69 Å². The number of nitriles is 1. The third kappa shape index (κ3) is 2.87. The first-order chi connectivity index (χ1) is 8.70. The zero-order valence-electron chi connectivity index (χ0n) is 9.86. The second kappa shape index (κ2) is 5.65. The summed E-state index contributed by atoms with van der Waals surface area (Å²) in [6.45, 7) is 2.84. The number of hydrogen-bond acceptors (Lipinski definition) is 4. The summed E-state index contributed by atoms with van der Waals surface area (Å²) in [6.07, 6.45) is 3.29. The van der Waals surface area contributed by atoms with Gasteiger partial charge in [-0.2, -0.15) is 5.26 Å². The molecule has 1 aromatic heterocycles. The van der Waals surface area contributed by atoms with E-state index in [1.165, 1.54) is 0 Å². The minimum atomic E-state index is 0.315. The van der Waals surface area contributed by atoms with Crippen molar-refractivity contribution < 1.29 is 0 Å². The van der Waals surface area contributed by atoms with Gasteiger partial charge in [-0.3, -0.25) is 5.01 Å². The number of hydrogen-bond donors (Lipinski definition) is 0. The Morgan fingerprint density at radius 1 is 1.33 bits per heavy atom. The summed E-state index contributed by atoms with van der Waals surface area (Å²) in [7, 11) is 0. The molecule has 2 rings (SSSR count). The molecule has 0 radical (unpaired) electrons. The molecule has 6 heteroatoms. The number of benzene rings is 1. The van der Waals surface area contributed by atoms with E-state index in [1.807, 2.05) is 21.8 Å². The van der Waals surface area contributed by atoms with Crippen molar-refractivity contribution in [1.29, 1.82) is 5.26 Å². The van der Waals surface area contributed by atoms with Crippen molar-refractivity contribution in [2.24, 2.45) is 0 Å². The summed E-state index contributed by atoms with van der Waals surface area (Å²) in [5.74, 6) is 0. The second-order valence-corrected chi connectivity index (χ2v) is 5.43. The van der Waals surface area contributed by atoms with E-state index in [0.717, 1.165) is 12.2 Å². The van der Waals surface area contributed by atoms with Gasteiger partial charge < -0.3 is 0 Å². The first kappa shape index (κ1) is 12.6. The molecule has 2 aromatic rings. The average molecular weight is 306 g/mol. The molecule has 1 aromatic carbocycles. The maximum Gasteiger partial charge on any atom is 0.139 e. The van der Waals surface area contributed by atoms with Crippen molar-refractivity contribution >= 4 is 21.6 Å². The van der Waals surface area contributed by atoms with E-state index in [0.29, 0.717) is 10.4 Å². The maximum absolute atomic E-state index is 8.80. The van der Waals surface area contributed by atoms with E-state index in [2.05, 4.69) is 39.1 Å². The molecule has 0 N–H and O–H groups in total. The third-order valence-corrected chi connectivity index (χ3v) is 2.69. The van der Waals surface area contributed by atoms with Crippen LogP contribution in [0.3, 0.4) is 0 Å². The van der Waals surface area contributed by atoms with E-state index in [-0.39, 0.29) is 0 Å². The predicted molar refractivity (Wildman–Crippen MR) is 72.3 cm³/mol. The standard InChI is InChI=1S/C12H12BrN5/c1-10(13)7-18(17-8-15-16-9-17)12-4-2-11(6-14)3-5-12/h2-5,8-10H,7H2,1H3. The summed E-state index contributed by atoms with van der Waals surface area (Å²) in [5.41, 5.74) is 1.63. The summed E-state index contributed by atoms with van der Waals surface area (Å²) in [5, 5.41) is 18.5. The lowest BCUT2D eigenvalue weighted by Crippen LogP contribution is -2.33. The van der Waals surface area contributed by atoms with Crippen LogP contribution < -0.4 is 5.01 Å². The van der Waals surface area contributed by atoms with Gasteiger partial charge in [0.1, 0.15) is 12.7 Å². The number of aromatic nitrogens is 3. The second-order valence-electron chi connectivity index (χ2n) is 3.86. The number of anilines is 1. The molecule has 92 valence electrons. The lowest BCUT2D eigenvalue weighted by atomic mass is 10.2. The topological polar surface area (TPSA) is 57.7 Å². The fourth-order valence-corrected chi connectivity index (χ4v) is 1.87. The highest BCUT2D eigenvalue weighted by Crippen LogP contribution is 2.17. The van der Waals surface area contributed by atoms with E-state index >= 15 is 0 Å². The number of nitrogens with zero attached hydrogens (tertiary/aromatic N) is 5. The molecule has 18 heavy (non-hydrogen) atoms. The number of halogens is 1. The van der Waals surface area contributed by atoms with Crippen LogP contribution in [0.2, 0.25) is 0 Å². The Morgan fingerprint density at radius 2 is 1.94 bits per heavy atom. The molecule has 0 amide bonds. The lowest BCUT2D eigenvalue weighted by Gasteiger charge is -2.26. The third-order valence-electron chi connectivity index (χ3n) is 2.40. The van der Waals surface area contributed by atoms with Crippen LogP contribution in [0, 0.1) is 11.3 Å². The van der Waals surface area contributed by atoms with Gasteiger partial charge in [-0.1, -0.05) is 22.9 Å². The molecule has 0 aliphatic carbocycles. The Bertz CT molecular complexity index is 527. The van der Waals surface area contributed by atoms with Gasteiger partial charge in [0.05, 0.1) is 23.9 Å². The largest absolute Gasteiger partial charge is 0.278 e. The van der Waals surface area contributed by atoms with Gasteiger partial charge in [0.25, 0.3) is 0 Å². The fourth-order valence-electron chi connectivity index (χ4n) is 1.60. The predicted octanol–water partition coefficient (Wildman–Crippen LogP) is 2.20. The van der Waals surface area contributed by atoms with Gasteiger partial charge in [-0.15, -0.1) is 10.2 Å². The molecule has 0 aliphatic rings. The normalized spacial score (nSPS) is 11.8. The molecular formula is C12H12BrN5. The first-order valence-electron chi connectivity index (χ1n) is 5.47. The maximum atomic E-state index is 8.80. The van der Waals surface area contributed by atoms with Gasteiger partial charge >= 0.3 is 0 Å². The summed E-state index contributed by atoms with van der Waals surface area (Å²) in [4.78, 5) is 0.315. The molecule has 5 nitrogen and oxygen atoms in total. The molecule has 0 saturated carbocycles. The van der Waals surface area contributed by atoms with Crippen molar-refractivity contribution in [3.63, 3.8) is 0 Å². The highest BCUT2D eigenvalue weighted by Gasteiger charge is 2.11. The molecule has 0 spiro atoms. The average Bonchev–Trinajstić information content (AvgIpc) is 2.89. The highest BCUT2D eigenvalue weighted by atomic mass is 79.9. The monoisotopic (exact) mass is 305 g/mol. The lowest BCUT2D eigenvalue weighted by molar-refractivity contribution is 0.683. The summed E-state index contributed by atoms with van der Waals surface area (Å²) in [6, 6.07) is 9.53. The SMILES string of the molecule is CC(Br)CN(c1ccc(C#N)cc1)n1cnnc1. The Labute approximate surface area is 114 Å². The Hall–Kier alpha value is -1.87. The van der Waals surface area contributed by atoms with Gasteiger partial charge in [0.2, 0.25) is 0 Å². The molecule has 1 unspecified atom stereocenters. The van der Waals surface area contributed by atoms with Crippen molar-refractivity contribution in [1.82, 2.24) is 14.9 Å². The van der Waals surface area contributed by atoms with Crippen LogP contribution in [-0.2, 0) is 0 Å². The van der Waals surface area contributed by atoms with E-state index in [9.17, 15) is 0 Å². The molecular weight excluding hydrogens is 294 g/mol. The molecule has 0 bridgehead atoms. The number of alkyl halides is 1. The molecule has 1 atom stereocenters. The van der Waals surface area contributed by atoms with Gasteiger partial charge in [0, 0.05) is 4.83 Å². The minimum Gasteiger partial charge on any atom is -0.278 e. The Balaban J connectivity index is 2.31. The molecule has 0 saturated heterocycles. The van der Waals surface area contributed by atoms with E-state index < -0.39 is 0 Å². The van der Waals surface area contributed by atoms with Gasteiger partial charge in [0.15, 0.2) is 0 Å². The fraction of sp³-hybridized carbons (Fsp3) is 0.250. The van der Waals surface area contributed by atoms with Crippen molar-refractivity contribution in [3.8, 4) is 6.07 Å². The molecule has 0 fully saturated rings. The minimum absolute atomic E-state index is 0.315. The summed E-state index contributed by atoms with van der Waals surface area (Å²) < 4.78 is 1.82. The van der Waals surface area contributed by atoms with E-state index in [4.69, 9.17) is 5.26 Å². The first-order valence-corrected chi connectivity index (χ1v) is 6.39. The quantitative estimate of drug-likeness (QED) is 0.813. The number of rotatable bonds is 4. The zero-order valence-corrected chi connectivity index (χ0v) is 11.4. The summed E-state index contributed by atoms with van der Waals surface area (Å²) >= 11 is 3.54. The van der Waals surface area contributed by atoms with Crippen LogP contribution in [0.5, 0.6) is 0 Å². The Morgan fingerprint density at radius 3 is 2.44 bits per heavy atom. The smallest absolute Gasteiger partial charge is 0.139 e. The van der Waals surface area contributed by atoms with Crippen LogP contribution >= 0.6 is 15.9 Å². The van der Waals surface area contributed by atoms with Crippen LogP contribution in [-0.4, -0.2) is 26.2 Å². The van der Waals surface area contributed by atoms with Crippen LogP contribution in [0.25, 0.3) is 0 Å². The van der Waals surface area contributed by atoms with Crippen molar-refractivity contribution in [2.75, 3.05) is 11.6 Å². The van der Waals surface area contributed by atoms with Crippen molar-refractivity contribution in [2.45, 2.75) is 11.8 Å². The molecule has 0 aliphatic heterocycles. The van der Waals surface area contributed by atoms with Crippen LogP contribution in [0.1, 0.15) is 12.5 Å². The van der Waals surface area contributed by atoms with Crippen molar-refractivity contribution in [3.05, 3.63) is 42.5 Å². The Kier molecular flexibility index (Phi) is 3.95.